The number of amides is 1. The molecule has 5 heteroatoms. The van der Waals surface area contributed by atoms with Crippen LogP contribution in [0.15, 0.2) is 18.2 Å². The maximum atomic E-state index is 12.4. The molecule has 0 unspecified atom stereocenters. The molecule has 1 aromatic rings. The summed E-state index contributed by atoms with van der Waals surface area (Å²) in [6.45, 7) is 10.6. The van der Waals surface area contributed by atoms with Gasteiger partial charge in [-0.2, -0.15) is 0 Å². The van der Waals surface area contributed by atoms with Crippen molar-refractivity contribution in [2.24, 2.45) is 5.41 Å². The molecular weight excluding hydrogens is 336 g/mol. The third kappa shape index (κ3) is 4.68. The van der Waals surface area contributed by atoms with Gasteiger partial charge in [0.25, 0.3) is 5.91 Å². The first kappa shape index (κ1) is 20.1. The molecule has 0 bridgehead atoms. The molecule has 0 saturated carbocycles. The number of ether oxygens (including phenoxy) is 1. The fourth-order valence-corrected chi connectivity index (χ4v) is 4.07. The number of piperidine rings is 1. The van der Waals surface area contributed by atoms with Gasteiger partial charge in [-0.25, -0.2) is 0 Å². The number of nitrogens with one attached hydrogen (secondary N) is 1. The van der Waals surface area contributed by atoms with Crippen molar-refractivity contribution >= 4 is 18.3 Å². The third-order valence-corrected chi connectivity index (χ3v) is 5.73. The Morgan fingerprint density at radius 3 is 2.56 bits per heavy atom. The molecule has 0 atom stereocenters. The van der Waals surface area contributed by atoms with Crippen molar-refractivity contribution in [2.45, 2.75) is 46.0 Å². The average molecular weight is 367 g/mol. The molecule has 1 spiro atoms. The van der Waals surface area contributed by atoms with E-state index in [9.17, 15) is 4.79 Å². The van der Waals surface area contributed by atoms with Crippen LogP contribution < -0.4 is 10.1 Å². The minimum absolute atomic E-state index is 0. The van der Waals surface area contributed by atoms with E-state index in [1.54, 1.807) is 0 Å². The fraction of sp³-hybridized carbons (Fsp3) is 0.650. The van der Waals surface area contributed by atoms with Gasteiger partial charge in [0, 0.05) is 19.6 Å². The molecule has 2 aliphatic heterocycles. The number of likely N-dealkylation sites (tertiary alicyclic amines) is 1. The Kier molecular flexibility index (Phi) is 6.75. The molecule has 0 aliphatic carbocycles. The number of carbonyl (C=O) groups is 1. The topological polar surface area (TPSA) is 41.6 Å². The minimum Gasteiger partial charge on any atom is -0.484 e. The summed E-state index contributed by atoms with van der Waals surface area (Å²) >= 11 is 0. The highest BCUT2D eigenvalue weighted by Gasteiger charge is 2.37. The van der Waals surface area contributed by atoms with E-state index in [4.69, 9.17) is 4.74 Å². The quantitative estimate of drug-likeness (QED) is 0.886. The summed E-state index contributed by atoms with van der Waals surface area (Å²) < 4.78 is 5.75. The predicted octanol–water partition coefficient (Wildman–Crippen LogP) is 3.52. The first-order valence-corrected chi connectivity index (χ1v) is 9.21. The van der Waals surface area contributed by atoms with Crippen LogP contribution in [-0.2, 0) is 4.79 Å². The highest BCUT2D eigenvalue weighted by atomic mass is 35.5. The van der Waals surface area contributed by atoms with Crippen LogP contribution in [0.4, 0.5) is 0 Å². The Morgan fingerprint density at radius 1 is 1.28 bits per heavy atom. The van der Waals surface area contributed by atoms with Gasteiger partial charge in [0.15, 0.2) is 6.61 Å². The van der Waals surface area contributed by atoms with Crippen molar-refractivity contribution in [1.82, 2.24) is 10.2 Å². The van der Waals surface area contributed by atoms with Crippen LogP contribution in [0.2, 0.25) is 0 Å². The molecule has 1 aromatic carbocycles. The zero-order chi connectivity index (χ0) is 17.2. The van der Waals surface area contributed by atoms with Gasteiger partial charge in [0.1, 0.15) is 5.75 Å². The lowest BCUT2D eigenvalue weighted by Crippen LogP contribution is -2.45. The zero-order valence-corrected chi connectivity index (χ0v) is 16.5. The van der Waals surface area contributed by atoms with E-state index < -0.39 is 0 Å². The van der Waals surface area contributed by atoms with Crippen LogP contribution in [0, 0.1) is 12.3 Å². The number of benzene rings is 1. The number of hydrogen-bond donors (Lipinski definition) is 1. The first-order valence-electron chi connectivity index (χ1n) is 9.21. The van der Waals surface area contributed by atoms with Gasteiger partial charge in [-0.1, -0.05) is 19.9 Å². The minimum atomic E-state index is 0. The number of aryl methyl sites for hydroxylation is 1. The van der Waals surface area contributed by atoms with Crippen LogP contribution in [0.1, 0.15) is 50.2 Å². The smallest absolute Gasteiger partial charge is 0.260 e. The van der Waals surface area contributed by atoms with Crippen molar-refractivity contribution < 1.29 is 9.53 Å². The Labute approximate surface area is 157 Å². The summed E-state index contributed by atoms with van der Waals surface area (Å²) in [7, 11) is 0. The van der Waals surface area contributed by atoms with Crippen molar-refractivity contribution in [1.29, 1.82) is 0 Å². The van der Waals surface area contributed by atoms with E-state index in [0.717, 1.165) is 44.8 Å². The highest BCUT2D eigenvalue weighted by molar-refractivity contribution is 5.85. The van der Waals surface area contributed by atoms with E-state index in [2.05, 4.69) is 32.2 Å². The largest absolute Gasteiger partial charge is 0.484 e. The highest BCUT2D eigenvalue weighted by Crippen LogP contribution is 2.36. The Morgan fingerprint density at radius 2 is 2.00 bits per heavy atom. The second-order valence-electron chi connectivity index (χ2n) is 7.77. The summed E-state index contributed by atoms with van der Waals surface area (Å²) in [5, 5.41) is 3.46. The Bertz CT molecular complexity index is 587. The summed E-state index contributed by atoms with van der Waals surface area (Å²) in [5.74, 6) is 1.41. The van der Waals surface area contributed by atoms with Gasteiger partial charge in [-0.05, 0) is 67.3 Å². The molecule has 2 saturated heterocycles. The molecule has 0 radical (unpaired) electrons. The maximum absolute atomic E-state index is 12.4. The predicted molar refractivity (Wildman–Crippen MR) is 104 cm³/mol. The van der Waals surface area contributed by atoms with Crippen LogP contribution in [0.25, 0.3) is 0 Å². The van der Waals surface area contributed by atoms with Crippen LogP contribution in [0.3, 0.4) is 0 Å². The van der Waals surface area contributed by atoms with Gasteiger partial charge in [-0.15, -0.1) is 12.4 Å². The molecular formula is C20H31ClN2O2. The number of rotatable bonds is 4. The van der Waals surface area contributed by atoms with Crippen molar-refractivity contribution in [3.63, 3.8) is 0 Å². The molecule has 1 amide bonds. The Balaban J connectivity index is 0.00000225. The monoisotopic (exact) mass is 366 g/mol. The molecule has 2 aliphatic rings. The van der Waals surface area contributed by atoms with Crippen molar-refractivity contribution in [3.05, 3.63) is 29.3 Å². The third-order valence-electron chi connectivity index (χ3n) is 5.73. The normalized spacial score (nSPS) is 19.1. The number of carbonyl (C=O) groups excluding carboxylic acids is 1. The van der Waals surface area contributed by atoms with E-state index >= 15 is 0 Å². The first-order chi connectivity index (χ1) is 11.5. The van der Waals surface area contributed by atoms with Gasteiger partial charge in [0.05, 0.1) is 0 Å². The Hall–Kier alpha value is -1.26. The van der Waals surface area contributed by atoms with Gasteiger partial charge in [-0.3, -0.25) is 4.79 Å². The van der Waals surface area contributed by atoms with E-state index in [1.165, 1.54) is 17.5 Å². The van der Waals surface area contributed by atoms with E-state index in [-0.39, 0.29) is 24.9 Å². The molecule has 140 valence electrons. The zero-order valence-electron chi connectivity index (χ0n) is 15.6. The summed E-state index contributed by atoms with van der Waals surface area (Å²) in [6.07, 6.45) is 3.49. The van der Waals surface area contributed by atoms with Crippen LogP contribution >= 0.6 is 12.4 Å². The van der Waals surface area contributed by atoms with Crippen LogP contribution in [-0.4, -0.2) is 43.6 Å². The number of halogens is 1. The number of hydrogen-bond acceptors (Lipinski definition) is 3. The lowest BCUT2D eigenvalue weighted by molar-refractivity contribution is -0.135. The lowest BCUT2D eigenvalue weighted by atomic mass is 9.78. The molecule has 1 N–H and O–H groups in total. The fourth-order valence-electron chi connectivity index (χ4n) is 4.07. The molecule has 25 heavy (non-hydrogen) atoms. The van der Waals surface area contributed by atoms with E-state index in [0.29, 0.717) is 11.3 Å². The molecule has 0 aromatic heterocycles. The second-order valence-corrected chi connectivity index (χ2v) is 7.77. The molecule has 2 heterocycles. The van der Waals surface area contributed by atoms with Gasteiger partial charge in [0.2, 0.25) is 0 Å². The summed E-state index contributed by atoms with van der Waals surface area (Å²) in [6, 6.07) is 6.13. The summed E-state index contributed by atoms with van der Waals surface area (Å²) in [4.78, 5) is 14.4. The van der Waals surface area contributed by atoms with E-state index in [1.807, 2.05) is 17.0 Å². The van der Waals surface area contributed by atoms with Crippen molar-refractivity contribution in [2.75, 3.05) is 32.8 Å². The average Bonchev–Trinajstić information content (AvgIpc) is 3.01. The summed E-state index contributed by atoms with van der Waals surface area (Å²) in [5.41, 5.74) is 3.00. The number of nitrogens with zero attached hydrogens (tertiary/aromatic N) is 1. The molecule has 2 fully saturated rings. The SMILES string of the molecule is Cc1cc(OCC(=O)N2CCC3(CCNC3)CC2)ccc1C(C)C.Cl. The second kappa shape index (κ2) is 8.41. The van der Waals surface area contributed by atoms with Crippen molar-refractivity contribution in [3.8, 4) is 5.75 Å². The lowest BCUT2D eigenvalue weighted by Gasteiger charge is -2.38. The maximum Gasteiger partial charge on any atom is 0.260 e. The molecule has 3 rings (SSSR count). The van der Waals surface area contributed by atoms with Crippen LogP contribution in [0.5, 0.6) is 5.75 Å². The molecule has 4 nitrogen and oxygen atoms in total. The van der Waals surface area contributed by atoms with Gasteiger partial charge < -0.3 is 15.0 Å². The van der Waals surface area contributed by atoms with Gasteiger partial charge >= 0.3 is 0 Å². The standard InChI is InChI=1S/C20H30N2O2.ClH/c1-15(2)18-5-4-17(12-16(18)3)24-13-19(23)22-10-7-20(8-11-22)6-9-21-14-20;/h4-5,12,15,21H,6-11,13-14H2,1-3H3;1H.